The van der Waals surface area contributed by atoms with Crippen molar-refractivity contribution in [1.29, 1.82) is 0 Å². The van der Waals surface area contributed by atoms with E-state index in [1.807, 2.05) is 0 Å². The first-order valence-corrected chi connectivity index (χ1v) is 6.90. The van der Waals surface area contributed by atoms with Crippen molar-refractivity contribution in [3.63, 3.8) is 0 Å². The predicted molar refractivity (Wildman–Crippen MR) is 60.3 cm³/mol. The Labute approximate surface area is 108 Å². The van der Waals surface area contributed by atoms with Gasteiger partial charge in [0.1, 0.15) is 0 Å². The van der Waals surface area contributed by atoms with E-state index in [0.717, 1.165) is 18.4 Å². The fourth-order valence-corrected chi connectivity index (χ4v) is 1.72. The van der Waals surface area contributed by atoms with Crippen molar-refractivity contribution >= 4 is 10.1 Å². The molecule has 108 valence electrons. The number of methoxy groups -OCH3 is 1. The van der Waals surface area contributed by atoms with E-state index in [0.29, 0.717) is 0 Å². The Hall–Kier alpha value is -1.35. The zero-order valence-corrected chi connectivity index (χ0v) is 11.0. The van der Waals surface area contributed by atoms with Crippen LogP contribution >= 0.6 is 0 Å². The van der Waals surface area contributed by atoms with Crippen molar-refractivity contribution in [1.82, 2.24) is 4.98 Å². The average Bonchev–Trinajstić information content (AvgIpc) is 2.25. The van der Waals surface area contributed by atoms with E-state index in [1.165, 1.54) is 7.11 Å². The lowest BCUT2D eigenvalue weighted by atomic mass is 10.1. The lowest BCUT2D eigenvalue weighted by Gasteiger charge is -2.12. The molecule has 0 atom stereocenters. The number of ether oxygens (including phenoxy) is 1. The van der Waals surface area contributed by atoms with Gasteiger partial charge in [-0.3, -0.25) is 4.18 Å². The zero-order valence-electron chi connectivity index (χ0n) is 10.2. The van der Waals surface area contributed by atoms with Crippen molar-refractivity contribution in [2.24, 2.45) is 0 Å². The lowest BCUT2D eigenvalue weighted by molar-refractivity contribution is -0.138. The Morgan fingerprint density at radius 1 is 1.32 bits per heavy atom. The summed E-state index contributed by atoms with van der Waals surface area (Å²) in [6.07, 6.45) is -4.05. The van der Waals surface area contributed by atoms with Crippen LogP contribution in [0.4, 0.5) is 13.2 Å². The maximum atomic E-state index is 12.7. The standard InChI is InChI=1S/C10H12F3NO4S/c1-17-9-4-3-7(10(11,12)13)8(14-9)5-6-18-19(2,15)16/h3-4H,5-6H2,1-2H3. The molecule has 0 amide bonds. The third kappa shape index (κ3) is 5.03. The molecule has 0 saturated heterocycles. The maximum Gasteiger partial charge on any atom is 0.418 e. The molecule has 1 rings (SSSR count). The van der Waals surface area contributed by atoms with Crippen LogP contribution in [0, 0.1) is 0 Å². The number of alkyl halides is 3. The van der Waals surface area contributed by atoms with Crippen molar-refractivity contribution in [2.75, 3.05) is 20.0 Å². The molecule has 0 aliphatic carbocycles. The molecule has 1 aromatic rings. The van der Waals surface area contributed by atoms with E-state index in [9.17, 15) is 21.6 Å². The molecule has 0 unspecified atom stereocenters. The summed E-state index contributed by atoms with van der Waals surface area (Å²) in [6.45, 7) is -0.415. The van der Waals surface area contributed by atoms with E-state index in [1.54, 1.807) is 0 Å². The van der Waals surface area contributed by atoms with Crippen molar-refractivity contribution in [2.45, 2.75) is 12.6 Å². The maximum absolute atomic E-state index is 12.7. The second kappa shape index (κ2) is 5.74. The highest BCUT2D eigenvalue weighted by Crippen LogP contribution is 2.32. The number of hydrogen-bond acceptors (Lipinski definition) is 5. The smallest absolute Gasteiger partial charge is 0.418 e. The highest BCUT2D eigenvalue weighted by atomic mass is 32.2. The third-order valence-corrected chi connectivity index (χ3v) is 2.69. The van der Waals surface area contributed by atoms with Crippen molar-refractivity contribution in [3.8, 4) is 5.88 Å². The van der Waals surface area contributed by atoms with Gasteiger partial charge in [-0.1, -0.05) is 0 Å². The molecule has 0 fully saturated rings. The highest BCUT2D eigenvalue weighted by molar-refractivity contribution is 7.85. The van der Waals surface area contributed by atoms with Crippen LogP contribution in [0.5, 0.6) is 5.88 Å². The Morgan fingerprint density at radius 2 is 1.95 bits per heavy atom. The predicted octanol–water partition coefficient (Wildman–Crippen LogP) is 1.63. The summed E-state index contributed by atoms with van der Waals surface area (Å²) >= 11 is 0. The number of halogens is 3. The van der Waals surface area contributed by atoms with Gasteiger partial charge in [-0.05, 0) is 6.07 Å². The molecular weight excluding hydrogens is 287 g/mol. The summed E-state index contributed by atoms with van der Waals surface area (Å²) in [5.74, 6) is 0.0161. The summed E-state index contributed by atoms with van der Waals surface area (Å²) < 4.78 is 68.7. The van der Waals surface area contributed by atoms with E-state index in [2.05, 4.69) is 9.17 Å². The summed E-state index contributed by atoms with van der Waals surface area (Å²) in [4.78, 5) is 3.66. The quantitative estimate of drug-likeness (QED) is 0.773. The molecule has 0 N–H and O–H groups in total. The van der Waals surface area contributed by atoms with Gasteiger partial charge in [0, 0.05) is 12.5 Å². The van der Waals surface area contributed by atoms with Crippen LogP contribution in [-0.2, 0) is 26.9 Å². The van der Waals surface area contributed by atoms with Crippen molar-refractivity contribution < 1.29 is 30.5 Å². The highest BCUT2D eigenvalue weighted by Gasteiger charge is 2.34. The number of aromatic nitrogens is 1. The van der Waals surface area contributed by atoms with Crippen LogP contribution in [0.15, 0.2) is 12.1 Å². The number of pyridine rings is 1. The Morgan fingerprint density at radius 3 is 2.42 bits per heavy atom. The monoisotopic (exact) mass is 299 g/mol. The first-order valence-electron chi connectivity index (χ1n) is 5.09. The van der Waals surface area contributed by atoms with Gasteiger partial charge in [-0.25, -0.2) is 4.98 Å². The van der Waals surface area contributed by atoms with Crippen LogP contribution in [0.3, 0.4) is 0 Å². The molecule has 0 aromatic carbocycles. The fraction of sp³-hybridized carbons (Fsp3) is 0.500. The fourth-order valence-electron chi connectivity index (χ4n) is 1.33. The van der Waals surface area contributed by atoms with Gasteiger partial charge in [0.2, 0.25) is 5.88 Å². The van der Waals surface area contributed by atoms with Gasteiger partial charge in [-0.15, -0.1) is 0 Å². The molecule has 9 heteroatoms. The number of hydrogen-bond donors (Lipinski definition) is 0. The van der Waals surface area contributed by atoms with Crippen LogP contribution in [0.25, 0.3) is 0 Å². The molecule has 0 aliphatic heterocycles. The van der Waals surface area contributed by atoms with E-state index >= 15 is 0 Å². The molecule has 5 nitrogen and oxygen atoms in total. The average molecular weight is 299 g/mol. The Bertz CT molecular complexity index is 542. The summed E-state index contributed by atoms with van der Waals surface area (Å²) in [6, 6.07) is 1.92. The normalized spacial score (nSPS) is 12.5. The minimum Gasteiger partial charge on any atom is -0.481 e. The van der Waals surface area contributed by atoms with Gasteiger partial charge in [0.15, 0.2) is 0 Å². The zero-order chi connectivity index (χ0) is 14.7. The summed E-state index contributed by atoms with van der Waals surface area (Å²) in [5, 5.41) is 0. The summed E-state index contributed by atoms with van der Waals surface area (Å²) in [5.41, 5.74) is -1.26. The van der Waals surface area contributed by atoms with Gasteiger partial charge < -0.3 is 4.74 Å². The lowest BCUT2D eigenvalue weighted by Crippen LogP contribution is -2.14. The number of nitrogens with zero attached hydrogens (tertiary/aromatic N) is 1. The minimum atomic E-state index is -4.57. The molecule has 0 radical (unpaired) electrons. The summed E-state index contributed by atoms with van der Waals surface area (Å²) in [7, 11) is -2.43. The van der Waals surface area contributed by atoms with Crippen molar-refractivity contribution in [3.05, 3.63) is 23.4 Å². The minimum absolute atomic E-state index is 0.0161. The molecule has 0 spiro atoms. The SMILES string of the molecule is COc1ccc(C(F)(F)F)c(CCOS(C)(=O)=O)n1. The molecule has 1 heterocycles. The third-order valence-electron chi connectivity index (χ3n) is 2.10. The second-order valence-electron chi connectivity index (χ2n) is 3.62. The van der Waals surface area contributed by atoms with Crippen LogP contribution in [0.1, 0.15) is 11.3 Å². The largest absolute Gasteiger partial charge is 0.481 e. The first-order chi connectivity index (χ1) is 8.63. The second-order valence-corrected chi connectivity index (χ2v) is 5.27. The molecule has 0 bridgehead atoms. The molecule has 19 heavy (non-hydrogen) atoms. The Kier molecular flexibility index (Phi) is 4.75. The Balaban J connectivity index is 2.95. The van der Waals surface area contributed by atoms with Crippen LogP contribution < -0.4 is 4.74 Å². The van der Waals surface area contributed by atoms with Gasteiger partial charge in [0.25, 0.3) is 10.1 Å². The van der Waals surface area contributed by atoms with Gasteiger partial charge >= 0.3 is 6.18 Å². The topological polar surface area (TPSA) is 65.5 Å². The molecule has 1 aromatic heterocycles. The van der Waals surface area contributed by atoms with Crippen LogP contribution in [0.2, 0.25) is 0 Å². The van der Waals surface area contributed by atoms with Gasteiger partial charge in [-0.2, -0.15) is 21.6 Å². The first kappa shape index (κ1) is 15.7. The van der Waals surface area contributed by atoms with E-state index in [-0.39, 0.29) is 18.0 Å². The number of rotatable bonds is 5. The molecular formula is C10H12F3NO4S. The molecule has 0 aliphatic rings. The van der Waals surface area contributed by atoms with Gasteiger partial charge in [0.05, 0.1) is 31.2 Å². The van der Waals surface area contributed by atoms with E-state index in [4.69, 9.17) is 4.74 Å². The van der Waals surface area contributed by atoms with E-state index < -0.39 is 28.5 Å². The van der Waals surface area contributed by atoms with Crippen LogP contribution in [-0.4, -0.2) is 33.4 Å². The molecule has 0 saturated carbocycles.